The van der Waals surface area contributed by atoms with Crippen LogP contribution in [0.15, 0.2) is 16.6 Å². The molecule has 3 rings (SSSR count). The molecule has 2 heterocycles. The van der Waals surface area contributed by atoms with Crippen LogP contribution in [0.4, 0.5) is 0 Å². The van der Waals surface area contributed by atoms with E-state index in [2.05, 4.69) is 33.4 Å². The molecule has 0 bridgehead atoms. The van der Waals surface area contributed by atoms with Crippen LogP contribution in [0.25, 0.3) is 0 Å². The van der Waals surface area contributed by atoms with Crippen LogP contribution >= 0.6 is 27.7 Å². The lowest BCUT2D eigenvalue weighted by atomic mass is 10.1. The Morgan fingerprint density at radius 1 is 1.39 bits per heavy atom. The number of ether oxygens (including phenoxy) is 2. The molecule has 98 valence electrons. The Kier molecular flexibility index (Phi) is 4.01. The first-order chi connectivity index (χ1) is 8.83. The Balaban J connectivity index is 1.64. The number of hydrogen-bond acceptors (Lipinski definition) is 4. The van der Waals surface area contributed by atoms with Gasteiger partial charge in [0.2, 0.25) is 6.79 Å². The average molecular weight is 330 g/mol. The van der Waals surface area contributed by atoms with Crippen molar-refractivity contribution in [1.82, 2.24) is 5.32 Å². The first-order valence-electron chi connectivity index (χ1n) is 6.22. The van der Waals surface area contributed by atoms with Gasteiger partial charge in [-0.25, -0.2) is 0 Å². The van der Waals surface area contributed by atoms with Crippen molar-refractivity contribution in [1.29, 1.82) is 0 Å². The largest absolute Gasteiger partial charge is 0.454 e. The maximum Gasteiger partial charge on any atom is 0.231 e. The maximum absolute atomic E-state index is 5.43. The van der Waals surface area contributed by atoms with Crippen molar-refractivity contribution in [3.05, 3.63) is 22.2 Å². The average Bonchev–Trinajstić information content (AvgIpc) is 2.86. The molecule has 3 nitrogen and oxygen atoms in total. The quantitative estimate of drug-likeness (QED) is 0.922. The topological polar surface area (TPSA) is 30.5 Å². The van der Waals surface area contributed by atoms with Gasteiger partial charge in [-0.1, -0.05) is 0 Å². The minimum absolute atomic E-state index is 0.323. The Hall–Kier alpha value is -0.390. The van der Waals surface area contributed by atoms with E-state index in [4.69, 9.17) is 9.47 Å². The molecule has 1 saturated heterocycles. The second-order valence-electron chi connectivity index (χ2n) is 4.61. The third-order valence-electron chi connectivity index (χ3n) is 3.24. The number of benzene rings is 1. The zero-order valence-corrected chi connectivity index (χ0v) is 12.5. The lowest BCUT2D eigenvalue weighted by Gasteiger charge is -2.22. The molecular formula is C13H16BrNO2S. The van der Waals surface area contributed by atoms with Crippen molar-refractivity contribution in [2.45, 2.75) is 25.4 Å². The molecular weight excluding hydrogens is 314 g/mol. The summed E-state index contributed by atoms with van der Waals surface area (Å²) in [7, 11) is 0. The summed E-state index contributed by atoms with van der Waals surface area (Å²) in [6, 6.07) is 4.82. The van der Waals surface area contributed by atoms with Crippen LogP contribution < -0.4 is 14.8 Å². The Bertz CT molecular complexity index is 435. The Labute approximate surface area is 120 Å². The molecule has 5 heteroatoms. The van der Waals surface area contributed by atoms with E-state index in [9.17, 15) is 0 Å². The molecule has 0 saturated carbocycles. The molecule has 0 spiro atoms. The lowest BCUT2D eigenvalue weighted by molar-refractivity contribution is 0.173. The standard InChI is InChI=1S/C13H16BrNO2S/c14-11-4-9(5-12-13(11)17-8-16-12)6-15-10-2-1-3-18-7-10/h4-5,10,15H,1-3,6-8H2. The van der Waals surface area contributed by atoms with Gasteiger partial charge in [0.25, 0.3) is 0 Å². The van der Waals surface area contributed by atoms with Crippen molar-refractivity contribution in [3.8, 4) is 11.5 Å². The van der Waals surface area contributed by atoms with Gasteiger partial charge in [0, 0.05) is 18.3 Å². The molecule has 2 aliphatic heterocycles. The lowest BCUT2D eigenvalue weighted by Crippen LogP contribution is -2.33. The van der Waals surface area contributed by atoms with E-state index < -0.39 is 0 Å². The normalized spacial score (nSPS) is 22.2. The SMILES string of the molecule is Brc1cc(CNC2CCCSC2)cc2c1OCO2. The summed E-state index contributed by atoms with van der Waals surface area (Å²) in [5, 5.41) is 3.62. The highest BCUT2D eigenvalue weighted by Gasteiger charge is 2.18. The van der Waals surface area contributed by atoms with Gasteiger partial charge in [-0.2, -0.15) is 11.8 Å². The number of rotatable bonds is 3. The van der Waals surface area contributed by atoms with E-state index in [-0.39, 0.29) is 0 Å². The molecule has 1 atom stereocenters. The number of nitrogens with one attached hydrogen (secondary N) is 1. The van der Waals surface area contributed by atoms with E-state index in [0.29, 0.717) is 12.8 Å². The first-order valence-corrected chi connectivity index (χ1v) is 8.17. The fourth-order valence-corrected chi connectivity index (χ4v) is 4.00. The number of fused-ring (bicyclic) bond motifs is 1. The van der Waals surface area contributed by atoms with Gasteiger partial charge in [0.15, 0.2) is 11.5 Å². The van der Waals surface area contributed by atoms with Crippen molar-refractivity contribution in [3.63, 3.8) is 0 Å². The third kappa shape index (κ3) is 2.78. The zero-order valence-electron chi connectivity index (χ0n) is 10.1. The molecule has 0 aliphatic carbocycles. The van der Waals surface area contributed by atoms with Crippen LogP contribution in [0.3, 0.4) is 0 Å². The van der Waals surface area contributed by atoms with E-state index >= 15 is 0 Å². The van der Waals surface area contributed by atoms with Crippen LogP contribution in [0, 0.1) is 0 Å². The zero-order chi connectivity index (χ0) is 12.4. The van der Waals surface area contributed by atoms with Gasteiger partial charge in [-0.05, 0) is 52.2 Å². The van der Waals surface area contributed by atoms with E-state index in [1.165, 1.54) is 29.9 Å². The molecule has 1 aromatic rings. The highest BCUT2D eigenvalue weighted by atomic mass is 79.9. The number of hydrogen-bond donors (Lipinski definition) is 1. The number of halogens is 1. The van der Waals surface area contributed by atoms with Gasteiger partial charge in [0.05, 0.1) is 4.47 Å². The molecule has 2 aliphatic rings. The summed E-state index contributed by atoms with van der Waals surface area (Å²) in [5.74, 6) is 4.21. The smallest absolute Gasteiger partial charge is 0.231 e. The summed E-state index contributed by atoms with van der Waals surface area (Å²) in [5.41, 5.74) is 1.24. The summed E-state index contributed by atoms with van der Waals surface area (Å²) in [4.78, 5) is 0. The molecule has 1 N–H and O–H groups in total. The summed E-state index contributed by atoms with van der Waals surface area (Å²) < 4.78 is 11.8. The Morgan fingerprint density at radius 3 is 3.17 bits per heavy atom. The van der Waals surface area contributed by atoms with Crippen LogP contribution in [-0.4, -0.2) is 24.3 Å². The summed E-state index contributed by atoms with van der Waals surface area (Å²) >= 11 is 5.57. The predicted octanol–water partition coefficient (Wildman–Crippen LogP) is 3.16. The third-order valence-corrected chi connectivity index (χ3v) is 5.05. The molecule has 0 radical (unpaired) electrons. The minimum Gasteiger partial charge on any atom is -0.454 e. The molecule has 18 heavy (non-hydrogen) atoms. The van der Waals surface area contributed by atoms with Crippen molar-refractivity contribution >= 4 is 27.7 Å². The Morgan fingerprint density at radius 2 is 2.33 bits per heavy atom. The second kappa shape index (κ2) is 5.72. The predicted molar refractivity (Wildman–Crippen MR) is 77.5 cm³/mol. The molecule has 0 aromatic heterocycles. The van der Waals surface area contributed by atoms with Gasteiger partial charge >= 0.3 is 0 Å². The van der Waals surface area contributed by atoms with Gasteiger partial charge in [-0.15, -0.1) is 0 Å². The van der Waals surface area contributed by atoms with Gasteiger partial charge in [-0.3, -0.25) is 0 Å². The van der Waals surface area contributed by atoms with Crippen LogP contribution in [-0.2, 0) is 6.54 Å². The molecule has 1 aromatic carbocycles. The fourth-order valence-electron chi connectivity index (χ4n) is 2.29. The van der Waals surface area contributed by atoms with Gasteiger partial charge < -0.3 is 14.8 Å². The van der Waals surface area contributed by atoms with Crippen molar-refractivity contribution in [2.75, 3.05) is 18.3 Å². The maximum atomic E-state index is 5.43. The van der Waals surface area contributed by atoms with Crippen molar-refractivity contribution in [2.24, 2.45) is 0 Å². The van der Waals surface area contributed by atoms with Crippen LogP contribution in [0.5, 0.6) is 11.5 Å². The highest BCUT2D eigenvalue weighted by Crippen LogP contribution is 2.39. The van der Waals surface area contributed by atoms with E-state index in [1.54, 1.807) is 0 Å². The minimum atomic E-state index is 0.323. The monoisotopic (exact) mass is 329 g/mol. The van der Waals surface area contributed by atoms with E-state index in [1.807, 2.05) is 11.8 Å². The van der Waals surface area contributed by atoms with Crippen LogP contribution in [0.2, 0.25) is 0 Å². The first kappa shape index (κ1) is 12.6. The molecule has 1 unspecified atom stereocenters. The highest BCUT2D eigenvalue weighted by molar-refractivity contribution is 9.10. The van der Waals surface area contributed by atoms with E-state index in [0.717, 1.165) is 22.5 Å². The summed E-state index contributed by atoms with van der Waals surface area (Å²) in [6.45, 7) is 1.21. The van der Waals surface area contributed by atoms with Crippen molar-refractivity contribution < 1.29 is 9.47 Å². The van der Waals surface area contributed by atoms with Gasteiger partial charge in [0.1, 0.15) is 0 Å². The fraction of sp³-hybridized carbons (Fsp3) is 0.538. The summed E-state index contributed by atoms with van der Waals surface area (Å²) in [6.07, 6.45) is 2.62. The molecule has 1 fully saturated rings. The number of thioether (sulfide) groups is 1. The molecule has 0 amide bonds. The van der Waals surface area contributed by atoms with Crippen LogP contribution in [0.1, 0.15) is 18.4 Å². The second-order valence-corrected chi connectivity index (χ2v) is 6.61.